The van der Waals surface area contributed by atoms with Crippen LogP contribution >= 0.6 is 25.5 Å². The van der Waals surface area contributed by atoms with Crippen LogP contribution in [0.25, 0.3) is 0 Å². The van der Waals surface area contributed by atoms with E-state index in [1.54, 1.807) is 0 Å². The largest absolute Gasteiger partial charge is 0.0622 e. The van der Waals surface area contributed by atoms with Gasteiger partial charge >= 0.3 is 43.7 Å². The predicted molar refractivity (Wildman–Crippen MR) is 48.6 cm³/mol. The van der Waals surface area contributed by atoms with Crippen LogP contribution in [0.1, 0.15) is 0 Å². The zero-order chi connectivity index (χ0) is 7.82. The van der Waals surface area contributed by atoms with E-state index in [0.29, 0.717) is 0 Å². The minimum absolute atomic E-state index is 1.88. The number of halogens is 3. The fourth-order valence-electron chi connectivity index (χ4n) is 0.342. The van der Waals surface area contributed by atoms with E-state index in [9.17, 15) is 0 Å². The van der Waals surface area contributed by atoms with Crippen molar-refractivity contribution in [1.29, 1.82) is 0 Å². The van der Waals surface area contributed by atoms with Gasteiger partial charge in [-0.3, -0.25) is 0 Å². The standard InChI is InChI=1S/C6H5.Bi.3ClH/c1-2-4-6-5-3-1;;;;/h1-5H;;3*1H/q;+3;;;/p-3. The Morgan fingerprint density at radius 1 is 0.900 bits per heavy atom. The first-order valence-corrected chi connectivity index (χ1v) is 15.3. The van der Waals surface area contributed by atoms with Crippen molar-refractivity contribution in [2.24, 2.45) is 0 Å². The van der Waals surface area contributed by atoms with Gasteiger partial charge in [-0.15, -0.1) is 0 Å². The van der Waals surface area contributed by atoms with E-state index in [1.807, 2.05) is 30.3 Å². The van der Waals surface area contributed by atoms with Crippen molar-refractivity contribution in [2.45, 2.75) is 0 Å². The summed E-state index contributed by atoms with van der Waals surface area (Å²) in [5, 5.41) is 0. The van der Waals surface area contributed by atoms with Gasteiger partial charge < -0.3 is 0 Å². The molecule has 0 aromatic heterocycles. The van der Waals surface area contributed by atoms with E-state index in [2.05, 4.69) is 6.07 Å². The van der Waals surface area contributed by atoms with Gasteiger partial charge in [0.15, 0.2) is 0 Å². The van der Waals surface area contributed by atoms with Crippen LogP contribution in [0.15, 0.2) is 30.3 Å². The molecule has 1 aromatic rings. The predicted octanol–water partition coefficient (Wildman–Crippen LogP) is 3.17. The van der Waals surface area contributed by atoms with Crippen molar-refractivity contribution in [1.82, 2.24) is 0 Å². The zero-order valence-corrected chi connectivity index (χ0v) is 10.7. The van der Waals surface area contributed by atoms with Gasteiger partial charge in [-0.2, -0.15) is 0 Å². The maximum Gasteiger partial charge on any atom is -0.0184 e. The Balaban J connectivity index is 0.000000180. The fraction of sp³-hybridized carbons (Fsp3) is 0. The van der Waals surface area contributed by atoms with E-state index in [-0.39, 0.29) is 0 Å². The Morgan fingerprint density at radius 2 is 1.30 bits per heavy atom. The molecule has 0 unspecified atom stereocenters. The summed E-state index contributed by atoms with van der Waals surface area (Å²) in [7, 11) is 15.0. The molecule has 1 radical (unpaired) electrons. The maximum atomic E-state index is 5.01. The Bertz CT molecular complexity index is 113. The second-order valence-electron chi connectivity index (χ2n) is 1.27. The Morgan fingerprint density at radius 3 is 1.40 bits per heavy atom. The van der Waals surface area contributed by atoms with E-state index in [4.69, 9.17) is 25.5 Å². The van der Waals surface area contributed by atoms with Crippen LogP contribution < -0.4 is 0 Å². The van der Waals surface area contributed by atoms with Crippen LogP contribution in [-0.4, -0.2) is 18.2 Å². The van der Waals surface area contributed by atoms with Gasteiger partial charge in [-0.25, -0.2) is 0 Å². The molecule has 1 rings (SSSR count). The summed E-state index contributed by atoms with van der Waals surface area (Å²) in [4.78, 5) is 0. The number of hydrogen-bond acceptors (Lipinski definition) is 0. The molecule has 0 nitrogen and oxygen atoms in total. The second kappa shape index (κ2) is 8.07. The summed E-state index contributed by atoms with van der Waals surface area (Å²) >= 11 is -2.18. The molecule has 55 valence electrons. The van der Waals surface area contributed by atoms with Crippen molar-refractivity contribution < 1.29 is 0 Å². The molecule has 0 atom stereocenters. The van der Waals surface area contributed by atoms with Crippen LogP contribution in [0.2, 0.25) is 0 Å². The summed E-state index contributed by atoms with van der Waals surface area (Å²) < 4.78 is 0. The third kappa shape index (κ3) is 11.7. The van der Waals surface area contributed by atoms with Crippen molar-refractivity contribution in [3.05, 3.63) is 36.4 Å². The smallest absolute Gasteiger partial charge is 0.0184 e. The minimum atomic E-state index is -2.18. The summed E-state index contributed by atoms with van der Waals surface area (Å²) in [6, 6.07) is 12.5. The van der Waals surface area contributed by atoms with E-state index in [0.717, 1.165) is 0 Å². The van der Waals surface area contributed by atoms with Crippen molar-refractivity contribution in [3.8, 4) is 0 Å². The molecular formula is C6H5BiCl3. The Hall–Kier alpha value is 0.973. The fourth-order valence-corrected chi connectivity index (χ4v) is 0.342. The van der Waals surface area contributed by atoms with Gasteiger partial charge in [0.2, 0.25) is 0 Å². The molecule has 1 aromatic carbocycles. The van der Waals surface area contributed by atoms with Gasteiger partial charge in [0.1, 0.15) is 0 Å². The Kier molecular flexibility index (Phi) is 8.86. The van der Waals surface area contributed by atoms with Crippen LogP contribution in [0.5, 0.6) is 0 Å². The van der Waals surface area contributed by atoms with Gasteiger partial charge in [-0.1, -0.05) is 30.3 Å². The molecule has 0 fully saturated rings. The van der Waals surface area contributed by atoms with Gasteiger partial charge in [0.05, 0.1) is 0 Å². The molecule has 0 amide bonds. The summed E-state index contributed by atoms with van der Waals surface area (Å²) in [6.45, 7) is 0. The zero-order valence-electron chi connectivity index (χ0n) is 4.97. The monoisotopic (exact) mass is 391 g/mol. The first-order chi connectivity index (χ1) is 4.73. The second-order valence-corrected chi connectivity index (χ2v) is 16.2. The van der Waals surface area contributed by atoms with Gasteiger partial charge in [-0.05, 0) is 6.07 Å². The van der Waals surface area contributed by atoms with Crippen LogP contribution in [0.4, 0.5) is 0 Å². The van der Waals surface area contributed by atoms with Gasteiger partial charge in [0, 0.05) is 0 Å². The first-order valence-electron chi connectivity index (χ1n) is 2.42. The molecule has 4 heteroatoms. The van der Waals surface area contributed by atoms with E-state index in [1.165, 1.54) is 0 Å². The number of benzene rings is 1. The van der Waals surface area contributed by atoms with E-state index >= 15 is 0 Å². The minimum Gasteiger partial charge on any atom is -0.0622 e. The molecule has 0 aliphatic carbocycles. The molecule has 0 heterocycles. The molecule has 0 aliphatic heterocycles. The summed E-state index contributed by atoms with van der Waals surface area (Å²) in [6.07, 6.45) is 0. The van der Waals surface area contributed by atoms with Crippen molar-refractivity contribution in [2.75, 3.05) is 0 Å². The maximum absolute atomic E-state index is 5.01. The summed E-state index contributed by atoms with van der Waals surface area (Å²) in [5.41, 5.74) is 0. The molecule has 0 spiro atoms. The summed E-state index contributed by atoms with van der Waals surface area (Å²) in [5.74, 6) is 0. The van der Waals surface area contributed by atoms with Crippen LogP contribution in [-0.2, 0) is 0 Å². The molecule has 0 saturated heterocycles. The quantitative estimate of drug-likeness (QED) is 0.595. The van der Waals surface area contributed by atoms with Crippen LogP contribution in [0.3, 0.4) is 0 Å². The van der Waals surface area contributed by atoms with E-state index < -0.39 is 18.2 Å². The third-order valence-electron chi connectivity index (χ3n) is 0.607. The average Bonchev–Trinajstić information content (AvgIpc) is 1.90. The van der Waals surface area contributed by atoms with Gasteiger partial charge in [0.25, 0.3) is 0 Å². The topological polar surface area (TPSA) is 0 Å². The third-order valence-corrected chi connectivity index (χ3v) is 0.607. The number of rotatable bonds is 0. The first kappa shape index (κ1) is 11.0. The number of hydrogen-bond donors (Lipinski definition) is 0. The molecule has 0 N–H and O–H groups in total. The SMILES string of the molecule is [Cl][Bi]([Cl])[Cl].[c]1ccccc1. The molecule has 0 saturated carbocycles. The van der Waals surface area contributed by atoms with Crippen molar-refractivity contribution in [3.63, 3.8) is 0 Å². The normalized spacial score (nSPS) is 8.40. The molecular weight excluding hydrogens is 387 g/mol. The molecule has 0 bridgehead atoms. The molecule has 10 heavy (non-hydrogen) atoms. The van der Waals surface area contributed by atoms with Crippen LogP contribution in [0, 0.1) is 6.07 Å². The molecule has 0 aliphatic rings. The average molecular weight is 392 g/mol. The van der Waals surface area contributed by atoms with Crippen molar-refractivity contribution >= 4 is 43.7 Å². The Labute approximate surface area is 79.4 Å².